The van der Waals surface area contributed by atoms with Crippen LogP contribution in [0.15, 0.2) is 35.3 Å². The predicted molar refractivity (Wildman–Crippen MR) is 127 cm³/mol. The van der Waals surface area contributed by atoms with Gasteiger partial charge in [0, 0.05) is 48.5 Å². The number of nitrogens with zero attached hydrogens (tertiary/aromatic N) is 6. The summed E-state index contributed by atoms with van der Waals surface area (Å²) in [6.07, 6.45) is -2.04. The van der Waals surface area contributed by atoms with Gasteiger partial charge in [-0.05, 0) is 54.9 Å². The summed E-state index contributed by atoms with van der Waals surface area (Å²) < 4.78 is 44.5. The zero-order valence-corrected chi connectivity index (χ0v) is 20.1. The van der Waals surface area contributed by atoms with E-state index < -0.39 is 12.6 Å². The van der Waals surface area contributed by atoms with Crippen molar-refractivity contribution < 1.29 is 13.2 Å². The highest BCUT2D eigenvalue weighted by atomic mass is 32.1. The summed E-state index contributed by atoms with van der Waals surface area (Å²) in [7, 11) is 0. The average molecular weight is 499 g/mol. The first kappa shape index (κ1) is 21.5. The Labute approximate surface area is 205 Å². The first-order valence-corrected chi connectivity index (χ1v) is 12.9. The lowest BCUT2D eigenvalue weighted by atomic mass is 9.74. The van der Waals surface area contributed by atoms with E-state index in [0.29, 0.717) is 23.2 Å². The Morgan fingerprint density at radius 2 is 2.03 bits per heavy atom. The number of aromatic nitrogens is 4. The summed E-state index contributed by atoms with van der Waals surface area (Å²) in [6.45, 7) is 4.90. The van der Waals surface area contributed by atoms with E-state index >= 15 is 0 Å². The summed E-state index contributed by atoms with van der Waals surface area (Å²) in [5, 5.41) is 5.95. The van der Waals surface area contributed by atoms with Crippen LogP contribution in [0.4, 0.5) is 24.1 Å². The minimum absolute atomic E-state index is 0.0306. The molecule has 1 aromatic carbocycles. The van der Waals surface area contributed by atoms with Crippen LogP contribution in [-0.4, -0.2) is 44.1 Å². The molecule has 2 unspecified atom stereocenters. The molecule has 7 rings (SSSR count). The van der Waals surface area contributed by atoms with Crippen molar-refractivity contribution in [2.24, 2.45) is 22.2 Å². The van der Waals surface area contributed by atoms with Gasteiger partial charge in [-0.15, -0.1) is 5.10 Å². The molecule has 0 radical (unpaired) electrons. The van der Waals surface area contributed by atoms with Crippen LogP contribution in [0.5, 0.6) is 0 Å². The lowest BCUT2D eigenvalue weighted by molar-refractivity contribution is -0.127. The zero-order chi connectivity index (χ0) is 23.9. The molecular weight excluding hydrogens is 473 g/mol. The lowest BCUT2D eigenvalue weighted by Gasteiger charge is -2.30. The Balaban J connectivity index is 1.11. The van der Waals surface area contributed by atoms with Gasteiger partial charge in [0.15, 0.2) is 0 Å². The van der Waals surface area contributed by atoms with Crippen LogP contribution >= 0.6 is 11.5 Å². The van der Waals surface area contributed by atoms with Crippen LogP contribution in [0, 0.1) is 24.2 Å². The second-order valence-electron chi connectivity index (χ2n) is 10.5. The van der Waals surface area contributed by atoms with Crippen LogP contribution in [0.25, 0.3) is 0 Å². The maximum Gasteiger partial charge on any atom is 0.393 e. The summed E-state index contributed by atoms with van der Waals surface area (Å²) in [6, 6.07) is 8.94. The van der Waals surface area contributed by atoms with Crippen LogP contribution in [0.3, 0.4) is 0 Å². The number of alkyl halides is 3. The van der Waals surface area contributed by atoms with Gasteiger partial charge in [0.1, 0.15) is 10.8 Å². The first-order chi connectivity index (χ1) is 16.8. The second kappa shape index (κ2) is 7.38. The van der Waals surface area contributed by atoms with Crippen LogP contribution in [-0.2, 0) is 13.0 Å². The molecule has 4 aliphatic rings. The van der Waals surface area contributed by atoms with E-state index in [1.807, 2.05) is 11.6 Å². The maximum absolute atomic E-state index is 12.7. The number of halogens is 3. The number of fused-ring (bicyclic) bond motifs is 1. The van der Waals surface area contributed by atoms with Gasteiger partial charge in [0.05, 0.1) is 12.1 Å². The van der Waals surface area contributed by atoms with Gasteiger partial charge in [0.25, 0.3) is 5.95 Å². The monoisotopic (exact) mass is 498 g/mol. The quantitative estimate of drug-likeness (QED) is 0.490. The van der Waals surface area contributed by atoms with Crippen molar-refractivity contribution in [3.8, 4) is 0 Å². The fraction of sp³-hybridized carbons (Fsp3) is 0.520. The molecule has 2 saturated carbocycles. The van der Waals surface area contributed by atoms with E-state index in [1.165, 1.54) is 17.1 Å². The second-order valence-corrected chi connectivity index (χ2v) is 11.3. The molecule has 2 aliphatic heterocycles. The number of rotatable bonds is 4. The predicted octanol–water partition coefficient (Wildman–Crippen LogP) is 5.30. The summed E-state index contributed by atoms with van der Waals surface area (Å²) >= 11 is 1.57. The van der Waals surface area contributed by atoms with Gasteiger partial charge < -0.3 is 4.90 Å². The molecule has 0 N–H and O–H groups in total. The maximum atomic E-state index is 12.7. The zero-order valence-electron chi connectivity index (χ0n) is 19.3. The minimum Gasteiger partial charge on any atom is -0.361 e. The number of anilines is 1. The van der Waals surface area contributed by atoms with Gasteiger partial charge in [-0.3, -0.25) is 0 Å². The van der Waals surface area contributed by atoms with E-state index in [2.05, 4.69) is 15.3 Å². The Kier molecular flexibility index (Phi) is 4.54. The first-order valence-electron chi connectivity index (χ1n) is 12.2. The normalized spacial score (nSPS) is 30.1. The Bertz CT molecular complexity index is 1330. The fourth-order valence-electron chi connectivity index (χ4n) is 6.49. The van der Waals surface area contributed by atoms with E-state index in [-0.39, 0.29) is 11.5 Å². The van der Waals surface area contributed by atoms with Gasteiger partial charge in [-0.25, -0.2) is 9.67 Å². The number of aryl methyl sites for hydroxylation is 2. The Hall–Kier alpha value is -2.75. The molecule has 10 heteroatoms. The number of benzene rings is 1. The minimum atomic E-state index is -4.20. The third-order valence-electron chi connectivity index (χ3n) is 8.22. The smallest absolute Gasteiger partial charge is 0.361 e. The van der Waals surface area contributed by atoms with Gasteiger partial charge >= 0.3 is 6.18 Å². The topological polar surface area (TPSA) is 59.2 Å². The molecule has 2 aromatic heterocycles. The van der Waals surface area contributed by atoms with Crippen molar-refractivity contribution >= 4 is 28.2 Å². The lowest BCUT2D eigenvalue weighted by Crippen LogP contribution is -2.38. The number of hydrogen-bond donors (Lipinski definition) is 0. The van der Waals surface area contributed by atoms with Gasteiger partial charge in [0.2, 0.25) is 0 Å². The number of aliphatic imine (C=N–C) groups is 1. The van der Waals surface area contributed by atoms with Crippen molar-refractivity contribution in [3.05, 3.63) is 53.0 Å². The van der Waals surface area contributed by atoms with E-state index in [0.717, 1.165) is 49.6 Å². The third-order valence-corrected chi connectivity index (χ3v) is 9.16. The highest BCUT2D eigenvalue weighted by Crippen LogP contribution is 2.72. The van der Waals surface area contributed by atoms with Crippen molar-refractivity contribution in [3.63, 3.8) is 0 Å². The highest BCUT2D eigenvalue weighted by molar-refractivity contribution is 7.10. The van der Waals surface area contributed by atoms with E-state index in [1.54, 1.807) is 35.8 Å². The van der Waals surface area contributed by atoms with Crippen LogP contribution < -0.4 is 4.90 Å². The molecule has 1 saturated heterocycles. The molecular formula is C25H25F3N6S. The highest BCUT2D eigenvalue weighted by Gasteiger charge is 2.75. The molecule has 2 aliphatic carbocycles. The van der Waals surface area contributed by atoms with Crippen molar-refractivity contribution in [2.75, 3.05) is 18.0 Å². The van der Waals surface area contributed by atoms with Crippen LogP contribution in [0.1, 0.15) is 47.8 Å². The SMILES string of the molecule is Cc1cc(N2C[C@H]3C(=Nc4nc5n(n4)CCCC5c4ccc(CC(F)(F)F)cc4)[C@@H]4CC34C2)sn1. The largest absolute Gasteiger partial charge is 0.393 e. The molecule has 6 nitrogen and oxygen atoms in total. The number of hydrogen-bond acceptors (Lipinski definition) is 6. The van der Waals surface area contributed by atoms with Gasteiger partial charge in [-0.1, -0.05) is 24.3 Å². The van der Waals surface area contributed by atoms with Crippen molar-refractivity contribution in [1.82, 2.24) is 19.1 Å². The molecule has 0 bridgehead atoms. The third kappa shape index (κ3) is 3.51. The van der Waals surface area contributed by atoms with Crippen molar-refractivity contribution in [1.29, 1.82) is 0 Å². The van der Waals surface area contributed by atoms with Crippen LogP contribution in [0.2, 0.25) is 0 Å². The standard InChI is InChI=1S/C25H25F3N6S/c1-14-9-20(35-32-14)33-12-19-21(18-11-24(18,19)13-33)29-23-30-22-17(3-2-8-34(22)31-23)16-6-4-15(5-7-16)10-25(26,27)28/h4-7,9,17-19H,2-3,8,10-13H2,1H3/t17?,18-,19-,24?/m0/s1. The van der Waals surface area contributed by atoms with E-state index in [4.69, 9.17) is 15.1 Å². The van der Waals surface area contributed by atoms with Gasteiger partial charge in [-0.2, -0.15) is 22.5 Å². The molecule has 3 aromatic rings. The summed E-state index contributed by atoms with van der Waals surface area (Å²) in [4.78, 5) is 12.2. The fourth-order valence-corrected chi connectivity index (χ4v) is 7.25. The van der Waals surface area contributed by atoms with E-state index in [9.17, 15) is 13.2 Å². The molecule has 182 valence electrons. The molecule has 3 fully saturated rings. The molecule has 0 amide bonds. The Morgan fingerprint density at radius 1 is 1.20 bits per heavy atom. The van der Waals surface area contributed by atoms with Crippen molar-refractivity contribution in [2.45, 2.75) is 51.2 Å². The molecule has 1 spiro atoms. The summed E-state index contributed by atoms with van der Waals surface area (Å²) in [5.74, 6) is 2.44. The summed E-state index contributed by atoms with van der Waals surface area (Å²) in [5.41, 5.74) is 3.96. The average Bonchev–Trinajstić information content (AvgIpc) is 3.14. The Morgan fingerprint density at radius 3 is 2.77 bits per heavy atom. The molecule has 35 heavy (non-hydrogen) atoms. The molecule has 4 heterocycles. The molecule has 4 atom stereocenters.